The molecule has 1 rings (SSSR count). The van der Waals surface area contributed by atoms with Gasteiger partial charge in [-0.3, -0.25) is 4.79 Å². The third kappa shape index (κ3) is 4.33. The van der Waals surface area contributed by atoms with Crippen LogP contribution in [0.1, 0.15) is 29.3 Å². The van der Waals surface area contributed by atoms with Crippen molar-refractivity contribution < 1.29 is 19.4 Å². The molecule has 5 heteroatoms. The van der Waals surface area contributed by atoms with Crippen molar-refractivity contribution in [2.75, 3.05) is 6.61 Å². The molecule has 0 heterocycles. The summed E-state index contributed by atoms with van der Waals surface area (Å²) in [6, 6.07) is 4.96. The molecule has 0 saturated carbocycles. The molecule has 0 aliphatic rings. The number of benzene rings is 1. The molecule has 0 spiro atoms. The lowest BCUT2D eigenvalue weighted by atomic mass is 10.1. The smallest absolute Gasteiger partial charge is 0.336 e. The van der Waals surface area contributed by atoms with Crippen molar-refractivity contribution in [3.63, 3.8) is 0 Å². The van der Waals surface area contributed by atoms with Gasteiger partial charge in [-0.15, -0.1) is 0 Å². The largest absolute Gasteiger partial charge is 0.478 e. The molecule has 0 bridgehead atoms. The number of hydrogen-bond donors (Lipinski definition) is 1. The van der Waals surface area contributed by atoms with E-state index in [1.807, 2.05) is 0 Å². The summed E-state index contributed by atoms with van der Waals surface area (Å²) in [4.78, 5) is 22.0. The zero-order chi connectivity index (χ0) is 13.5. The Morgan fingerprint density at radius 3 is 2.78 bits per heavy atom. The quantitative estimate of drug-likeness (QED) is 0.848. The molecule has 0 amide bonds. The summed E-state index contributed by atoms with van der Waals surface area (Å²) in [5, 5.41) is 8.95. The molecule has 4 nitrogen and oxygen atoms in total. The van der Waals surface area contributed by atoms with Gasteiger partial charge >= 0.3 is 11.9 Å². The van der Waals surface area contributed by atoms with Gasteiger partial charge in [0.2, 0.25) is 0 Å². The van der Waals surface area contributed by atoms with Gasteiger partial charge in [0, 0.05) is 4.47 Å². The van der Waals surface area contributed by atoms with E-state index in [1.54, 1.807) is 31.2 Å². The number of carboxylic acids is 1. The molecule has 0 atom stereocenters. The fourth-order valence-corrected chi connectivity index (χ4v) is 1.74. The molecule has 0 fully saturated rings. The van der Waals surface area contributed by atoms with Gasteiger partial charge in [0.15, 0.2) is 0 Å². The topological polar surface area (TPSA) is 63.6 Å². The van der Waals surface area contributed by atoms with E-state index in [2.05, 4.69) is 15.9 Å². The van der Waals surface area contributed by atoms with E-state index in [4.69, 9.17) is 9.84 Å². The van der Waals surface area contributed by atoms with Crippen LogP contribution in [0.2, 0.25) is 0 Å². The molecule has 0 unspecified atom stereocenters. The van der Waals surface area contributed by atoms with Crippen molar-refractivity contribution in [1.82, 2.24) is 0 Å². The van der Waals surface area contributed by atoms with Gasteiger partial charge in [-0.05, 0) is 40.5 Å². The summed E-state index contributed by atoms with van der Waals surface area (Å²) < 4.78 is 5.29. The molecule has 18 heavy (non-hydrogen) atoms. The van der Waals surface area contributed by atoms with E-state index in [1.165, 1.54) is 6.07 Å². The van der Waals surface area contributed by atoms with Gasteiger partial charge < -0.3 is 9.84 Å². The Labute approximate surface area is 113 Å². The first kappa shape index (κ1) is 14.4. The highest BCUT2D eigenvalue weighted by molar-refractivity contribution is 9.10. The summed E-state index contributed by atoms with van der Waals surface area (Å²) >= 11 is 3.16. The Kier molecular flexibility index (Phi) is 5.58. The van der Waals surface area contributed by atoms with Crippen molar-refractivity contribution in [3.05, 3.63) is 39.9 Å². The summed E-state index contributed by atoms with van der Waals surface area (Å²) in [7, 11) is 0. The number of rotatable bonds is 5. The van der Waals surface area contributed by atoms with E-state index in [0.29, 0.717) is 11.1 Å². The fraction of sp³-hybridized carbons (Fsp3) is 0.231. The van der Waals surface area contributed by atoms with Gasteiger partial charge in [0.1, 0.15) is 0 Å². The number of esters is 1. The van der Waals surface area contributed by atoms with E-state index < -0.39 is 5.97 Å². The van der Waals surface area contributed by atoms with E-state index in [9.17, 15) is 9.59 Å². The van der Waals surface area contributed by atoms with Crippen molar-refractivity contribution in [2.45, 2.75) is 13.3 Å². The van der Waals surface area contributed by atoms with Crippen LogP contribution in [0.5, 0.6) is 0 Å². The third-order valence-corrected chi connectivity index (χ3v) is 2.81. The summed E-state index contributed by atoms with van der Waals surface area (Å²) in [6.45, 7) is 2.10. The van der Waals surface area contributed by atoms with Crippen molar-refractivity contribution >= 4 is 33.9 Å². The number of halogens is 1. The average Bonchev–Trinajstić information content (AvgIpc) is 2.31. The number of hydrogen-bond acceptors (Lipinski definition) is 3. The zero-order valence-corrected chi connectivity index (χ0v) is 11.4. The molecule has 0 radical (unpaired) electrons. The van der Waals surface area contributed by atoms with Crippen LogP contribution in [0.3, 0.4) is 0 Å². The molecule has 0 aliphatic carbocycles. The second-order valence-corrected chi connectivity index (χ2v) is 4.31. The van der Waals surface area contributed by atoms with Gasteiger partial charge in [0.05, 0.1) is 18.6 Å². The van der Waals surface area contributed by atoms with Gasteiger partial charge in [-0.2, -0.15) is 0 Å². The normalized spacial score (nSPS) is 10.6. The van der Waals surface area contributed by atoms with Crippen LogP contribution in [0, 0.1) is 0 Å². The van der Waals surface area contributed by atoms with Gasteiger partial charge in [0.25, 0.3) is 0 Å². The highest BCUT2D eigenvalue weighted by Gasteiger charge is 2.07. The maximum Gasteiger partial charge on any atom is 0.336 e. The second-order valence-electron chi connectivity index (χ2n) is 3.46. The van der Waals surface area contributed by atoms with Crippen LogP contribution >= 0.6 is 15.9 Å². The van der Waals surface area contributed by atoms with Crippen molar-refractivity contribution in [2.24, 2.45) is 0 Å². The second kappa shape index (κ2) is 6.96. The molecule has 1 aromatic carbocycles. The van der Waals surface area contributed by atoms with E-state index in [0.717, 1.165) is 5.56 Å². The first-order valence-electron chi connectivity index (χ1n) is 5.39. The summed E-state index contributed by atoms with van der Waals surface area (Å²) in [5.41, 5.74) is 0.910. The maximum absolute atomic E-state index is 11.1. The Balaban J connectivity index is 2.73. The maximum atomic E-state index is 11.1. The highest BCUT2D eigenvalue weighted by atomic mass is 79.9. The molecule has 1 N–H and O–H groups in total. The monoisotopic (exact) mass is 312 g/mol. The standard InChI is InChI=1S/C13H13BrO4/c1-2-18-12(15)5-3-4-9-6-7-11(14)10(8-9)13(16)17/h3-4,6-8H,2,5H2,1H3,(H,16,17). The van der Waals surface area contributed by atoms with Crippen LogP contribution < -0.4 is 0 Å². The molecule has 1 aromatic rings. The number of aromatic carboxylic acids is 1. The highest BCUT2D eigenvalue weighted by Crippen LogP contribution is 2.19. The van der Waals surface area contributed by atoms with Crippen LogP contribution in [0.15, 0.2) is 28.7 Å². The first-order chi connectivity index (χ1) is 8.54. The van der Waals surface area contributed by atoms with Crippen molar-refractivity contribution in [3.8, 4) is 0 Å². The molecule has 0 aromatic heterocycles. The fourth-order valence-electron chi connectivity index (χ4n) is 1.32. The van der Waals surface area contributed by atoms with Crippen LogP contribution in [-0.2, 0) is 9.53 Å². The third-order valence-electron chi connectivity index (χ3n) is 2.12. The Morgan fingerprint density at radius 1 is 1.44 bits per heavy atom. The predicted molar refractivity (Wildman–Crippen MR) is 71.4 cm³/mol. The lowest BCUT2D eigenvalue weighted by molar-refractivity contribution is -0.142. The summed E-state index contributed by atoms with van der Waals surface area (Å²) in [5.74, 6) is -1.30. The van der Waals surface area contributed by atoms with Crippen LogP contribution in [0.25, 0.3) is 6.08 Å². The lowest BCUT2D eigenvalue weighted by Gasteiger charge is -2.01. The Hall–Kier alpha value is -1.62. The van der Waals surface area contributed by atoms with E-state index in [-0.39, 0.29) is 18.0 Å². The minimum absolute atomic E-state index is 0.173. The number of carbonyl (C=O) groups excluding carboxylic acids is 1. The lowest BCUT2D eigenvalue weighted by Crippen LogP contribution is -2.01. The molecule has 0 saturated heterocycles. The number of carboxylic acid groups (broad SMARTS) is 1. The minimum Gasteiger partial charge on any atom is -0.478 e. The Morgan fingerprint density at radius 2 is 2.17 bits per heavy atom. The van der Waals surface area contributed by atoms with Gasteiger partial charge in [-0.1, -0.05) is 18.2 Å². The molecule has 96 valence electrons. The molecular formula is C13H13BrO4. The Bertz CT molecular complexity index is 480. The van der Waals surface area contributed by atoms with Crippen LogP contribution in [-0.4, -0.2) is 23.7 Å². The molecular weight excluding hydrogens is 300 g/mol. The first-order valence-corrected chi connectivity index (χ1v) is 6.19. The van der Waals surface area contributed by atoms with E-state index >= 15 is 0 Å². The van der Waals surface area contributed by atoms with Crippen LogP contribution in [0.4, 0.5) is 0 Å². The summed E-state index contributed by atoms with van der Waals surface area (Å²) in [6.07, 6.45) is 3.51. The predicted octanol–water partition coefficient (Wildman–Crippen LogP) is 3.11. The molecule has 0 aliphatic heterocycles. The number of carbonyl (C=O) groups is 2. The zero-order valence-electron chi connectivity index (χ0n) is 9.85. The average molecular weight is 313 g/mol. The number of ether oxygens (including phenoxy) is 1. The van der Waals surface area contributed by atoms with Gasteiger partial charge in [-0.25, -0.2) is 4.79 Å². The SMILES string of the molecule is CCOC(=O)CC=Cc1ccc(Br)c(C(=O)O)c1. The minimum atomic E-state index is -0.998. The van der Waals surface area contributed by atoms with Crippen molar-refractivity contribution in [1.29, 1.82) is 0 Å².